The molecule has 2 rings (SSSR count). The van der Waals surface area contributed by atoms with Gasteiger partial charge in [0.1, 0.15) is 0 Å². The standard InChI is InChI=1S/C11H12ClN3O/c1-2-11(9(16)14-10(13)15-11)7-3-5-8(12)6-4-7/h3-6H,2H2,1H3,(H3,13,14,15,16). The van der Waals surface area contributed by atoms with Crippen LogP contribution in [0.4, 0.5) is 0 Å². The molecule has 0 spiro atoms. The summed E-state index contributed by atoms with van der Waals surface area (Å²) < 4.78 is 0. The predicted molar refractivity (Wildman–Crippen MR) is 63.2 cm³/mol. The minimum atomic E-state index is -0.894. The van der Waals surface area contributed by atoms with Crippen LogP contribution in [0.2, 0.25) is 5.02 Å². The lowest BCUT2D eigenvalue weighted by atomic mass is 9.88. The first-order valence-corrected chi connectivity index (χ1v) is 5.39. The smallest absolute Gasteiger partial charge is 0.259 e. The van der Waals surface area contributed by atoms with Gasteiger partial charge in [0, 0.05) is 5.02 Å². The molecule has 5 heteroatoms. The van der Waals surface area contributed by atoms with Gasteiger partial charge in [-0.05, 0) is 24.1 Å². The molecule has 1 aromatic rings. The van der Waals surface area contributed by atoms with E-state index in [4.69, 9.17) is 17.3 Å². The van der Waals surface area contributed by atoms with Gasteiger partial charge in [0.25, 0.3) is 5.91 Å². The van der Waals surface area contributed by atoms with Crippen LogP contribution in [0.3, 0.4) is 0 Å². The summed E-state index contributed by atoms with van der Waals surface area (Å²) in [4.78, 5) is 16.1. The van der Waals surface area contributed by atoms with Crippen LogP contribution < -0.4 is 11.1 Å². The van der Waals surface area contributed by atoms with Crippen molar-refractivity contribution in [1.29, 1.82) is 0 Å². The Morgan fingerprint density at radius 3 is 2.50 bits per heavy atom. The molecule has 0 saturated carbocycles. The van der Waals surface area contributed by atoms with Crippen molar-refractivity contribution in [2.75, 3.05) is 0 Å². The molecule has 0 radical (unpaired) electrons. The van der Waals surface area contributed by atoms with Gasteiger partial charge in [-0.25, -0.2) is 4.99 Å². The van der Waals surface area contributed by atoms with E-state index in [1.807, 2.05) is 6.92 Å². The maximum absolute atomic E-state index is 11.9. The van der Waals surface area contributed by atoms with Crippen molar-refractivity contribution >= 4 is 23.5 Å². The molecular weight excluding hydrogens is 226 g/mol. The van der Waals surface area contributed by atoms with Gasteiger partial charge >= 0.3 is 0 Å². The molecule has 1 heterocycles. The Bertz CT molecular complexity index is 455. The molecule has 0 saturated heterocycles. The van der Waals surface area contributed by atoms with E-state index in [1.54, 1.807) is 24.3 Å². The van der Waals surface area contributed by atoms with Crippen LogP contribution in [0.25, 0.3) is 0 Å². The maximum Gasteiger partial charge on any atom is 0.259 e. The van der Waals surface area contributed by atoms with Crippen LogP contribution in [0.15, 0.2) is 29.3 Å². The first kappa shape index (κ1) is 11.0. The van der Waals surface area contributed by atoms with Gasteiger partial charge in [-0.15, -0.1) is 0 Å². The Morgan fingerprint density at radius 1 is 1.44 bits per heavy atom. The van der Waals surface area contributed by atoms with Crippen molar-refractivity contribution in [3.63, 3.8) is 0 Å². The first-order chi connectivity index (χ1) is 7.58. The molecule has 0 bridgehead atoms. The van der Waals surface area contributed by atoms with E-state index >= 15 is 0 Å². The molecule has 0 fully saturated rings. The Balaban J connectivity index is 2.50. The average molecular weight is 238 g/mol. The minimum Gasteiger partial charge on any atom is -0.370 e. The highest BCUT2D eigenvalue weighted by atomic mass is 35.5. The molecule has 1 aromatic carbocycles. The molecule has 84 valence electrons. The van der Waals surface area contributed by atoms with Crippen LogP contribution >= 0.6 is 11.6 Å². The molecule has 0 aromatic heterocycles. The van der Waals surface area contributed by atoms with Crippen molar-refractivity contribution in [2.45, 2.75) is 18.9 Å². The number of hydrogen-bond donors (Lipinski definition) is 2. The third kappa shape index (κ3) is 1.55. The summed E-state index contributed by atoms with van der Waals surface area (Å²) in [5.74, 6) is -0.0170. The van der Waals surface area contributed by atoms with E-state index in [0.29, 0.717) is 11.4 Å². The number of benzene rings is 1. The fourth-order valence-electron chi connectivity index (χ4n) is 1.87. The molecule has 1 unspecified atom stereocenters. The van der Waals surface area contributed by atoms with Crippen LogP contribution in [0.1, 0.15) is 18.9 Å². The van der Waals surface area contributed by atoms with Crippen molar-refractivity contribution in [2.24, 2.45) is 10.7 Å². The van der Waals surface area contributed by atoms with Gasteiger partial charge in [-0.2, -0.15) is 0 Å². The largest absolute Gasteiger partial charge is 0.370 e. The third-order valence-corrected chi connectivity index (χ3v) is 3.01. The number of guanidine groups is 1. The predicted octanol–water partition coefficient (Wildman–Crippen LogP) is 1.39. The number of rotatable bonds is 2. The molecule has 3 N–H and O–H groups in total. The lowest BCUT2D eigenvalue weighted by Crippen LogP contribution is -2.38. The molecule has 1 amide bonds. The normalized spacial score (nSPS) is 24.1. The van der Waals surface area contributed by atoms with Gasteiger partial charge in [0.2, 0.25) is 0 Å². The zero-order valence-electron chi connectivity index (χ0n) is 8.83. The molecular formula is C11H12ClN3O. The third-order valence-electron chi connectivity index (χ3n) is 2.76. The number of halogens is 1. The van der Waals surface area contributed by atoms with Gasteiger partial charge in [0.05, 0.1) is 0 Å². The second kappa shape index (κ2) is 3.79. The number of amides is 1. The van der Waals surface area contributed by atoms with E-state index < -0.39 is 5.54 Å². The summed E-state index contributed by atoms with van der Waals surface area (Å²) in [6.07, 6.45) is 0.557. The summed E-state index contributed by atoms with van der Waals surface area (Å²) in [5.41, 5.74) is 5.44. The zero-order valence-corrected chi connectivity index (χ0v) is 9.58. The summed E-state index contributed by atoms with van der Waals surface area (Å²) in [6, 6.07) is 7.08. The highest BCUT2D eigenvalue weighted by Crippen LogP contribution is 2.33. The number of nitrogens with zero attached hydrogens (tertiary/aromatic N) is 1. The average Bonchev–Trinajstić information content (AvgIpc) is 2.55. The van der Waals surface area contributed by atoms with Crippen molar-refractivity contribution < 1.29 is 4.79 Å². The van der Waals surface area contributed by atoms with Crippen LogP contribution in [-0.2, 0) is 10.3 Å². The van der Waals surface area contributed by atoms with E-state index in [-0.39, 0.29) is 11.9 Å². The number of nitrogens with one attached hydrogen (secondary N) is 1. The Hall–Kier alpha value is -1.55. The van der Waals surface area contributed by atoms with Crippen LogP contribution in [0.5, 0.6) is 0 Å². The number of aliphatic imine (C=N–C) groups is 1. The number of carbonyl (C=O) groups is 1. The Kier molecular flexibility index (Phi) is 2.59. The first-order valence-electron chi connectivity index (χ1n) is 5.01. The zero-order chi connectivity index (χ0) is 11.8. The molecule has 0 aliphatic carbocycles. The van der Waals surface area contributed by atoms with E-state index in [0.717, 1.165) is 5.56 Å². The molecule has 16 heavy (non-hydrogen) atoms. The minimum absolute atomic E-state index is 0.168. The highest BCUT2D eigenvalue weighted by Gasteiger charge is 2.43. The fraction of sp³-hybridized carbons (Fsp3) is 0.273. The topological polar surface area (TPSA) is 67.5 Å². The summed E-state index contributed by atoms with van der Waals surface area (Å²) in [6.45, 7) is 1.90. The monoisotopic (exact) mass is 237 g/mol. The van der Waals surface area contributed by atoms with Crippen molar-refractivity contribution in [3.8, 4) is 0 Å². The van der Waals surface area contributed by atoms with Crippen molar-refractivity contribution in [1.82, 2.24) is 5.32 Å². The molecule has 1 aliphatic heterocycles. The quantitative estimate of drug-likeness (QED) is 0.816. The molecule has 1 aliphatic rings. The summed E-state index contributed by atoms with van der Waals surface area (Å²) in [5, 5.41) is 3.16. The molecule has 4 nitrogen and oxygen atoms in total. The van der Waals surface area contributed by atoms with Crippen molar-refractivity contribution in [3.05, 3.63) is 34.9 Å². The second-order valence-corrected chi connectivity index (χ2v) is 4.11. The van der Waals surface area contributed by atoms with Gasteiger partial charge < -0.3 is 5.73 Å². The SMILES string of the molecule is CCC1(c2ccc(Cl)cc2)N=C(N)NC1=O. The summed E-state index contributed by atoms with van der Waals surface area (Å²) >= 11 is 5.81. The van der Waals surface area contributed by atoms with E-state index in [1.165, 1.54) is 0 Å². The highest BCUT2D eigenvalue weighted by molar-refractivity contribution is 6.30. The lowest BCUT2D eigenvalue weighted by Gasteiger charge is -2.21. The molecule has 1 atom stereocenters. The van der Waals surface area contributed by atoms with Gasteiger partial charge in [0.15, 0.2) is 11.5 Å². The Morgan fingerprint density at radius 2 is 2.06 bits per heavy atom. The van der Waals surface area contributed by atoms with E-state index in [9.17, 15) is 4.79 Å². The van der Waals surface area contributed by atoms with Crippen LogP contribution in [0, 0.1) is 0 Å². The number of carbonyl (C=O) groups excluding carboxylic acids is 1. The number of nitrogens with two attached hydrogens (primary N) is 1. The fourth-order valence-corrected chi connectivity index (χ4v) is 2.00. The lowest BCUT2D eigenvalue weighted by molar-refractivity contribution is -0.124. The second-order valence-electron chi connectivity index (χ2n) is 3.67. The van der Waals surface area contributed by atoms with Gasteiger partial charge in [-0.3, -0.25) is 10.1 Å². The maximum atomic E-state index is 11.9. The van der Waals surface area contributed by atoms with Gasteiger partial charge in [-0.1, -0.05) is 30.7 Å². The summed E-state index contributed by atoms with van der Waals surface area (Å²) in [7, 11) is 0. The number of hydrogen-bond acceptors (Lipinski definition) is 3. The van der Waals surface area contributed by atoms with Crippen LogP contribution in [-0.4, -0.2) is 11.9 Å². The van der Waals surface area contributed by atoms with E-state index in [2.05, 4.69) is 10.3 Å². The Labute approximate surface area is 98.5 Å².